The van der Waals surface area contributed by atoms with Gasteiger partial charge in [-0.3, -0.25) is 0 Å². The molecular formula is C15H13NO3. The molecule has 1 unspecified atom stereocenters. The van der Waals surface area contributed by atoms with E-state index in [1.807, 2.05) is 31.2 Å². The van der Waals surface area contributed by atoms with Crippen LogP contribution in [0.3, 0.4) is 0 Å². The summed E-state index contributed by atoms with van der Waals surface area (Å²) in [6, 6.07) is 5.54. The topological polar surface area (TPSA) is 47.9 Å². The number of aliphatic imine (C=N–C) groups is 1. The van der Waals surface area contributed by atoms with Gasteiger partial charge >= 0.3 is 0 Å². The van der Waals surface area contributed by atoms with E-state index in [0.29, 0.717) is 18.1 Å². The normalized spacial score (nSPS) is 19.5. The minimum atomic E-state index is -0.245. The predicted molar refractivity (Wildman–Crippen MR) is 72.1 cm³/mol. The van der Waals surface area contributed by atoms with Crippen molar-refractivity contribution in [2.24, 2.45) is 10.9 Å². The van der Waals surface area contributed by atoms with E-state index in [1.165, 1.54) is 0 Å². The smallest absolute Gasteiger partial charge is 0.156 e. The van der Waals surface area contributed by atoms with Crippen molar-refractivity contribution in [3.63, 3.8) is 0 Å². The van der Waals surface area contributed by atoms with E-state index in [-0.39, 0.29) is 5.92 Å². The quantitative estimate of drug-likeness (QED) is 0.780. The van der Waals surface area contributed by atoms with Crippen LogP contribution in [0, 0.1) is 5.92 Å². The number of rotatable bonds is 3. The highest BCUT2D eigenvalue weighted by atomic mass is 16.5. The van der Waals surface area contributed by atoms with Crippen LogP contribution < -0.4 is 9.47 Å². The minimum absolute atomic E-state index is 0.245. The van der Waals surface area contributed by atoms with Crippen LogP contribution in [0.1, 0.15) is 6.92 Å². The van der Waals surface area contributed by atoms with Crippen molar-refractivity contribution >= 4 is 17.7 Å². The molecule has 1 aromatic carbocycles. The Morgan fingerprint density at radius 2 is 2.37 bits per heavy atom. The predicted octanol–water partition coefficient (Wildman–Crippen LogP) is 2.82. The van der Waals surface area contributed by atoms with Gasteiger partial charge in [-0.1, -0.05) is 6.08 Å². The van der Waals surface area contributed by atoms with E-state index >= 15 is 0 Å². The molecule has 2 aliphatic rings. The molecule has 0 radical (unpaired) electrons. The molecule has 0 aromatic heterocycles. The molecule has 19 heavy (non-hydrogen) atoms. The van der Waals surface area contributed by atoms with Crippen molar-refractivity contribution in [1.29, 1.82) is 0 Å². The molecule has 1 aromatic rings. The van der Waals surface area contributed by atoms with Crippen LogP contribution in [-0.4, -0.2) is 18.6 Å². The molecule has 0 fully saturated rings. The second-order valence-electron chi connectivity index (χ2n) is 4.27. The standard InChI is InChI=1S/C15H13NO3/c1-2-18-11-4-6-13-15(8-11)19-14-7-10(9-17)3-5-12(14)16-13/h3-10H,2H2,1H3. The summed E-state index contributed by atoms with van der Waals surface area (Å²) in [4.78, 5) is 15.3. The fraction of sp³-hybridized carbons (Fsp3) is 0.200. The van der Waals surface area contributed by atoms with Gasteiger partial charge in [-0.25, -0.2) is 4.99 Å². The second kappa shape index (κ2) is 4.72. The zero-order chi connectivity index (χ0) is 13.2. The van der Waals surface area contributed by atoms with Gasteiger partial charge in [-0.2, -0.15) is 0 Å². The fourth-order valence-corrected chi connectivity index (χ4v) is 2.04. The number of carbonyl (C=O) groups is 1. The molecule has 3 rings (SSSR count). The summed E-state index contributed by atoms with van der Waals surface area (Å²) in [6.07, 6.45) is 6.25. The summed E-state index contributed by atoms with van der Waals surface area (Å²) in [7, 11) is 0. The second-order valence-corrected chi connectivity index (χ2v) is 4.27. The zero-order valence-corrected chi connectivity index (χ0v) is 10.5. The van der Waals surface area contributed by atoms with Crippen molar-refractivity contribution in [1.82, 2.24) is 0 Å². The summed E-state index contributed by atoms with van der Waals surface area (Å²) < 4.78 is 11.2. The highest BCUT2D eigenvalue weighted by Gasteiger charge is 2.21. The lowest BCUT2D eigenvalue weighted by molar-refractivity contribution is -0.108. The summed E-state index contributed by atoms with van der Waals surface area (Å²) in [5, 5.41) is 0. The lowest BCUT2D eigenvalue weighted by atomic mass is 10.0. The minimum Gasteiger partial charge on any atom is -0.494 e. The van der Waals surface area contributed by atoms with E-state index in [1.54, 1.807) is 12.2 Å². The van der Waals surface area contributed by atoms with Gasteiger partial charge in [0.2, 0.25) is 0 Å². The number of nitrogens with zero attached hydrogens (tertiary/aromatic N) is 1. The van der Waals surface area contributed by atoms with Gasteiger partial charge in [0.1, 0.15) is 29.2 Å². The molecular weight excluding hydrogens is 242 g/mol. The maximum atomic E-state index is 10.8. The first-order valence-electron chi connectivity index (χ1n) is 6.19. The molecule has 0 saturated carbocycles. The Labute approximate surface area is 111 Å². The molecule has 4 nitrogen and oxygen atoms in total. The lowest BCUT2D eigenvalue weighted by Gasteiger charge is -2.21. The third-order valence-electron chi connectivity index (χ3n) is 2.93. The Kier molecular flexibility index (Phi) is 2.91. The Morgan fingerprint density at radius 3 is 3.16 bits per heavy atom. The molecule has 1 aliphatic carbocycles. The number of fused-ring (bicyclic) bond motifs is 2. The van der Waals surface area contributed by atoms with Crippen LogP contribution in [0.15, 0.2) is 47.2 Å². The van der Waals surface area contributed by atoms with Gasteiger partial charge in [0.25, 0.3) is 0 Å². The number of hydrogen-bond donors (Lipinski definition) is 0. The van der Waals surface area contributed by atoms with Gasteiger partial charge in [-0.05, 0) is 31.2 Å². The third kappa shape index (κ3) is 2.17. The fourth-order valence-electron chi connectivity index (χ4n) is 2.04. The van der Waals surface area contributed by atoms with Crippen molar-refractivity contribution in [2.75, 3.05) is 6.61 Å². The third-order valence-corrected chi connectivity index (χ3v) is 2.93. The van der Waals surface area contributed by atoms with Crippen LogP contribution in [0.5, 0.6) is 11.5 Å². The Morgan fingerprint density at radius 1 is 1.47 bits per heavy atom. The average molecular weight is 255 g/mol. The van der Waals surface area contributed by atoms with E-state index in [2.05, 4.69) is 4.99 Å². The van der Waals surface area contributed by atoms with Crippen LogP contribution in [-0.2, 0) is 4.79 Å². The van der Waals surface area contributed by atoms with Gasteiger partial charge in [-0.15, -0.1) is 0 Å². The summed E-state index contributed by atoms with van der Waals surface area (Å²) >= 11 is 0. The first kappa shape index (κ1) is 11.7. The first-order chi connectivity index (χ1) is 9.30. The molecule has 4 heteroatoms. The monoisotopic (exact) mass is 255 g/mol. The zero-order valence-electron chi connectivity index (χ0n) is 10.5. The molecule has 0 spiro atoms. The van der Waals surface area contributed by atoms with E-state index < -0.39 is 0 Å². The maximum Gasteiger partial charge on any atom is 0.156 e. The number of carbonyl (C=O) groups excluding carboxylic acids is 1. The van der Waals surface area contributed by atoms with Gasteiger partial charge in [0.05, 0.1) is 12.5 Å². The highest BCUT2D eigenvalue weighted by Crippen LogP contribution is 2.38. The number of ether oxygens (including phenoxy) is 2. The van der Waals surface area contributed by atoms with Crippen molar-refractivity contribution in [3.05, 3.63) is 42.2 Å². The molecule has 1 heterocycles. The molecule has 0 amide bonds. The van der Waals surface area contributed by atoms with Crippen molar-refractivity contribution in [3.8, 4) is 11.5 Å². The van der Waals surface area contributed by atoms with Crippen LogP contribution in [0.25, 0.3) is 0 Å². The lowest BCUT2D eigenvalue weighted by Crippen LogP contribution is -2.16. The largest absolute Gasteiger partial charge is 0.494 e. The van der Waals surface area contributed by atoms with E-state index in [9.17, 15) is 4.79 Å². The van der Waals surface area contributed by atoms with Crippen LogP contribution in [0.4, 0.5) is 5.69 Å². The molecule has 0 saturated heterocycles. The molecule has 1 atom stereocenters. The summed E-state index contributed by atoms with van der Waals surface area (Å²) in [5.41, 5.74) is 1.51. The Balaban J connectivity index is 1.98. The molecule has 0 bridgehead atoms. The first-order valence-corrected chi connectivity index (χ1v) is 6.19. The molecule has 96 valence electrons. The average Bonchev–Trinajstić information content (AvgIpc) is 2.45. The summed E-state index contributed by atoms with van der Waals surface area (Å²) in [6.45, 7) is 2.53. The molecule has 1 aliphatic heterocycles. The van der Waals surface area contributed by atoms with Crippen molar-refractivity contribution in [2.45, 2.75) is 6.92 Å². The van der Waals surface area contributed by atoms with Crippen molar-refractivity contribution < 1.29 is 14.3 Å². The van der Waals surface area contributed by atoms with Gasteiger partial charge in [0, 0.05) is 6.07 Å². The Hall–Kier alpha value is -2.36. The number of hydrogen-bond acceptors (Lipinski definition) is 4. The van der Waals surface area contributed by atoms with Gasteiger partial charge < -0.3 is 14.3 Å². The van der Waals surface area contributed by atoms with E-state index in [4.69, 9.17) is 9.47 Å². The highest BCUT2D eigenvalue weighted by molar-refractivity contribution is 6.11. The maximum absolute atomic E-state index is 10.8. The van der Waals surface area contributed by atoms with E-state index in [0.717, 1.165) is 23.4 Å². The summed E-state index contributed by atoms with van der Waals surface area (Å²) in [5.74, 6) is 1.78. The number of benzene rings is 1. The van der Waals surface area contributed by atoms with Crippen LogP contribution >= 0.6 is 0 Å². The molecule has 0 N–H and O–H groups in total. The number of aldehydes is 1. The number of allylic oxidation sites excluding steroid dienone is 3. The Bertz CT molecular complexity index is 614. The van der Waals surface area contributed by atoms with Gasteiger partial charge in [0.15, 0.2) is 5.75 Å². The SMILES string of the molecule is CCOc1ccc2c(c1)OC1=CC(C=O)C=CC1=N2. The van der Waals surface area contributed by atoms with Crippen LogP contribution in [0.2, 0.25) is 0 Å².